The van der Waals surface area contributed by atoms with Crippen LogP contribution in [-0.4, -0.2) is 4.98 Å². The summed E-state index contributed by atoms with van der Waals surface area (Å²) >= 11 is 1.52. The fourth-order valence-corrected chi connectivity index (χ4v) is 2.69. The zero-order valence-corrected chi connectivity index (χ0v) is 11.6. The SMILES string of the molecule is Cc1ccc(Sc2nc3ccc(N)cc3o2)cc1C. The van der Waals surface area contributed by atoms with Crippen LogP contribution in [0.25, 0.3) is 11.1 Å². The summed E-state index contributed by atoms with van der Waals surface area (Å²) in [7, 11) is 0. The number of hydrogen-bond acceptors (Lipinski definition) is 4. The molecule has 0 amide bonds. The zero-order valence-electron chi connectivity index (χ0n) is 10.8. The van der Waals surface area contributed by atoms with Crippen LogP contribution in [0.15, 0.2) is 50.9 Å². The first-order valence-electron chi connectivity index (χ1n) is 6.03. The molecular weight excluding hydrogens is 256 g/mol. The minimum absolute atomic E-state index is 0.642. The number of nitrogens with zero attached hydrogens (tertiary/aromatic N) is 1. The molecule has 0 fully saturated rings. The smallest absolute Gasteiger partial charge is 0.261 e. The quantitative estimate of drug-likeness (QED) is 0.710. The maximum absolute atomic E-state index is 5.73. The monoisotopic (exact) mass is 270 g/mol. The van der Waals surface area contributed by atoms with Gasteiger partial charge >= 0.3 is 0 Å². The first-order chi connectivity index (χ1) is 9.11. The fourth-order valence-electron chi connectivity index (χ4n) is 1.84. The van der Waals surface area contributed by atoms with E-state index in [-0.39, 0.29) is 0 Å². The number of benzene rings is 2. The second-order valence-corrected chi connectivity index (χ2v) is 5.58. The fraction of sp³-hybridized carbons (Fsp3) is 0.133. The molecule has 0 spiro atoms. The molecule has 2 aromatic carbocycles. The Morgan fingerprint density at radius 1 is 1.05 bits per heavy atom. The number of aryl methyl sites for hydroxylation is 2. The molecule has 3 nitrogen and oxygen atoms in total. The van der Waals surface area contributed by atoms with Gasteiger partial charge in [-0.1, -0.05) is 6.07 Å². The summed E-state index contributed by atoms with van der Waals surface area (Å²) in [6.07, 6.45) is 0. The summed E-state index contributed by atoms with van der Waals surface area (Å²) in [6.45, 7) is 4.21. The van der Waals surface area contributed by atoms with Crippen LogP contribution < -0.4 is 5.73 Å². The van der Waals surface area contributed by atoms with Crippen molar-refractivity contribution in [2.24, 2.45) is 0 Å². The second-order valence-electron chi connectivity index (χ2n) is 4.56. The number of anilines is 1. The molecule has 0 aliphatic carbocycles. The van der Waals surface area contributed by atoms with Gasteiger partial charge in [-0.15, -0.1) is 0 Å². The van der Waals surface area contributed by atoms with Gasteiger partial charge in [0, 0.05) is 16.6 Å². The average Bonchev–Trinajstić information content (AvgIpc) is 2.75. The number of nitrogens with two attached hydrogens (primary N) is 1. The van der Waals surface area contributed by atoms with Crippen LogP contribution in [0.1, 0.15) is 11.1 Å². The molecule has 0 saturated heterocycles. The Labute approximate surface area is 115 Å². The van der Waals surface area contributed by atoms with E-state index < -0.39 is 0 Å². The van der Waals surface area contributed by atoms with Crippen LogP contribution in [0.2, 0.25) is 0 Å². The summed E-state index contributed by atoms with van der Waals surface area (Å²) in [5.41, 5.74) is 10.5. The first kappa shape index (κ1) is 12.1. The third-order valence-corrected chi connectivity index (χ3v) is 3.92. The Bertz CT molecular complexity index is 749. The van der Waals surface area contributed by atoms with Crippen molar-refractivity contribution in [3.05, 3.63) is 47.5 Å². The van der Waals surface area contributed by atoms with Gasteiger partial charge in [0.2, 0.25) is 0 Å². The first-order valence-corrected chi connectivity index (χ1v) is 6.84. The Kier molecular flexibility index (Phi) is 2.95. The van der Waals surface area contributed by atoms with Crippen LogP contribution in [0, 0.1) is 13.8 Å². The van der Waals surface area contributed by atoms with E-state index in [1.807, 2.05) is 12.1 Å². The molecule has 4 heteroatoms. The van der Waals surface area contributed by atoms with Crippen molar-refractivity contribution in [1.29, 1.82) is 0 Å². The van der Waals surface area contributed by atoms with E-state index in [1.54, 1.807) is 6.07 Å². The number of aromatic nitrogens is 1. The maximum atomic E-state index is 5.73. The molecule has 0 atom stereocenters. The highest BCUT2D eigenvalue weighted by molar-refractivity contribution is 7.99. The highest BCUT2D eigenvalue weighted by Crippen LogP contribution is 2.31. The van der Waals surface area contributed by atoms with Gasteiger partial charge in [-0.05, 0) is 61.0 Å². The summed E-state index contributed by atoms with van der Waals surface area (Å²) in [4.78, 5) is 5.57. The van der Waals surface area contributed by atoms with Gasteiger partial charge in [0.05, 0.1) is 0 Å². The third kappa shape index (κ3) is 2.44. The Hall–Kier alpha value is -1.94. The lowest BCUT2D eigenvalue weighted by molar-refractivity contribution is 0.489. The van der Waals surface area contributed by atoms with E-state index in [0.29, 0.717) is 10.9 Å². The summed E-state index contributed by atoms with van der Waals surface area (Å²) in [5, 5.41) is 0.642. The van der Waals surface area contributed by atoms with E-state index >= 15 is 0 Å². The number of nitrogen functional groups attached to an aromatic ring is 1. The molecule has 3 rings (SSSR count). The van der Waals surface area contributed by atoms with Crippen molar-refractivity contribution in [1.82, 2.24) is 4.98 Å². The Morgan fingerprint density at radius 3 is 2.68 bits per heavy atom. The standard InChI is InChI=1S/C15H14N2OS/c1-9-3-5-12(7-10(9)2)19-15-17-13-6-4-11(16)8-14(13)18-15/h3-8H,16H2,1-2H3. The van der Waals surface area contributed by atoms with Crippen molar-refractivity contribution in [2.45, 2.75) is 24.0 Å². The van der Waals surface area contributed by atoms with E-state index in [2.05, 4.69) is 37.0 Å². The topological polar surface area (TPSA) is 52.0 Å². The van der Waals surface area contributed by atoms with E-state index in [4.69, 9.17) is 10.2 Å². The van der Waals surface area contributed by atoms with E-state index in [1.165, 1.54) is 22.9 Å². The van der Waals surface area contributed by atoms with Crippen LogP contribution in [0.3, 0.4) is 0 Å². The predicted molar refractivity (Wildman–Crippen MR) is 78.5 cm³/mol. The lowest BCUT2D eigenvalue weighted by Crippen LogP contribution is -1.81. The molecule has 0 aliphatic rings. The minimum atomic E-state index is 0.642. The normalized spacial score (nSPS) is 11.1. The maximum Gasteiger partial charge on any atom is 0.261 e. The molecule has 96 valence electrons. The molecule has 19 heavy (non-hydrogen) atoms. The molecule has 0 radical (unpaired) electrons. The van der Waals surface area contributed by atoms with E-state index in [0.717, 1.165) is 16.0 Å². The largest absolute Gasteiger partial charge is 0.431 e. The van der Waals surface area contributed by atoms with Gasteiger partial charge in [0.25, 0.3) is 5.22 Å². The molecular formula is C15H14N2OS. The molecule has 0 saturated carbocycles. The lowest BCUT2D eigenvalue weighted by atomic mass is 10.1. The van der Waals surface area contributed by atoms with Crippen LogP contribution in [-0.2, 0) is 0 Å². The molecule has 2 N–H and O–H groups in total. The van der Waals surface area contributed by atoms with Crippen molar-refractivity contribution in [3.63, 3.8) is 0 Å². The lowest BCUT2D eigenvalue weighted by Gasteiger charge is -2.01. The van der Waals surface area contributed by atoms with E-state index in [9.17, 15) is 0 Å². The van der Waals surface area contributed by atoms with Gasteiger partial charge in [-0.2, -0.15) is 0 Å². The molecule has 0 bridgehead atoms. The van der Waals surface area contributed by atoms with Crippen LogP contribution >= 0.6 is 11.8 Å². The number of hydrogen-bond donors (Lipinski definition) is 1. The van der Waals surface area contributed by atoms with Crippen molar-refractivity contribution < 1.29 is 4.42 Å². The van der Waals surface area contributed by atoms with Crippen molar-refractivity contribution >= 4 is 28.5 Å². The second kappa shape index (κ2) is 4.63. The van der Waals surface area contributed by atoms with Gasteiger partial charge in [-0.3, -0.25) is 0 Å². The number of oxazole rings is 1. The average molecular weight is 270 g/mol. The number of rotatable bonds is 2. The molecule has 0 unspecified atom stereocenters. The van der Waals surface area contributed by atoms with Gasteiger partial charge < -0.3 is 10.2 Å². The highest BCUT2D eigenvalue weighted by atomic mass is 32.2. The highest BCUT2D eigenvalue weighted by Gasteiger charge is 2.08. The minimum Gasteiger partial charge on any atom is -0.431 e. The summed E-state index contributed by atoms with van der Waals surface area (Å²) in [6, 6.07) is 11.8. The Morgan fingerprint density at radius 2 is 1.89 bits per heavy atom. The van der Waals surface area contributed by atoms with Crippen LogP contribution in [0.5, 0.6) is 0 Å². The Balaban J connectivity index is 1.94. The zero-order chi connectivity index (χ0) is 13.4. The van der Waals surface area contributed by atoms with Gasteiger partial charge in [-0.25, -0.2) is 4.98 Å². The van der Waals surface area contributed by atoms with Crippen molar-refractivity contribution in [3.8, 4) is 0 Å². The van der Waals surface area contributed by atoms with Crippen LogP contribution in [0.4, 0.5) is 5.69 Å². The molecule has 1 aromatic heterocycles. The van der Waals surface area contributed by atoms with Crippen molar-refractivity contribution in [2.75, 3.05) is 5.73 Å². The molecule has 0 aliphatic heterocycles. The van der Waals surface area contributed by atoms with Gasteiger partial charge in [0.1, 0.15) is 5.52 Å². The third-order valence-electron chi connectivity index (χ3n) is 3.08. The molecule has 1 heterocycles. The predicted octanol–water partition coefficient (Wildman–Crippen LogP) is 4.18. The summed E-state index contributed by atoms with van der Waals surface area (Å²) < 4.78 is 5.69. The van der Waals surface area contributed by atoms with Gasteiger partial charge in [0.15, 0.2) is 5.58 Å². The summed E-state index contributed by atoms with van der Waals surface area (Å²) in [5.74, 6) is 0. The number of fused-ring (bicyclic) bond motifs is 1. The molecule has 3 aromatic rings.